The highest BCUT2D eigenvalue weighted by atomic mass is 35.5. The zero-order valence-electron chi connectivity index (χ0n) is 20.9. The molecule has 1 aliphatic heterocycles. The SMILES string of the molecule is COc1ccc(N2C(C)=C(OC(=O)O)C(c3cc(OC)c(OC)c(OC)c3)C(OC(=O)O)=C2C)cc1Cl. The molecular weight excluding hydrogens is 510 g/mol. The molecule has 0 saturated carbocycles. The molecule has 37 heavy (non-hydrogen) atoms. The Kier molecular flexibility index (Phi) is 8.28. The molecule has 0 radical (unpaired) electrons. The number of hydrogen-bond donors (Lipinski definition) is 2. The lowest BCUT2D eigenvalue weighted by Gasteiger charge is -2.37. The summed E-state index contributed by atoms with van der Waals surface area (Å²) in [6.07, 6.45) is -3.21. The number of nitrogens with zero attached hydrogens (tertiary/aromatic N) is 1. The normalized spacial score (nSPS) is 13.9. The fourth-order valence-electron chi connectivity index (χ4n) is 4.21. The van der Waals surface area contributed by atoms with Gasteiger partial charge in [-0.2, -0.15) is 0 Å². The van der Waals surface area contributed by atoms with E-state index >= 15 is 0 Å². The Labute approximate surface area is 218 Å². The minimum Gasteiger partial charge on any atom is -0.495 e. The van der Waals surface area contributed by atoms with Crippen molar-refractivity contribution in [1.29, 1.82) is 0 Å². The molecule has 3 rings (SSSR count). The highest BCUT2D eigenvalue weighted by molar-refractivity contribution is 6.32. The number of rotatable bonds is 8. The summed E-state index contributed by atoms with van der Waals surface area (Å²) >= 11 is 6.33. The summed E-state index contributed by atoms with van der Waals surface area (Å²) < 4.78 is 31.9. The minimum atomic E-state index is -1.60. The number of hydrogen-bond acceptors (Lipinski definition) is 9. The van der Waals surface area contributed by atoms with E-state index in [-0.39, 0.29) is 28.0 Å². The number of methoxy groups -OCH3 is 4. The van der Waals surface area contributed by atoms with Crippen LogP contribution in [0.1, 0.15) is 25.3 Å². The summed E-state index contributed by atoms with van der Waals surface area (Å²) in [4.78, 5) is 25.1. The van der Waals surface area contributed by atoms with Gasteiger partial charge in [0, 0.05) is 5.69 Å². The lowest BCUT2D eigenvalue weighted by molar-refractivity contribution is 0.0988. The predicted molar refractivity (Wildman–Crippen MR) is 133 cm³/mol. The second-order valence-electron chi connectivity index (χ2n) is 7.68. The largest absolute Gasteiger partial charge is 0.511 e. The van der Waals surface area contributed by atoms with Crippen molar-refractivity contribution >= 4 is 29.6 Å². The van der Waals surface area contributed by atoms with E-state index in [0.29, 0.717) is 34.1 Å². The van der Waals surface area contributed by atoms with E-state index in [2.05, 4.69) is 0 Å². The van der Waals surface area contributed by atoms with Crippen molar-refractivity contribution in [2.45, 2.75) is 19.8 Å². The zero-order valence-corrected chi connectivity index (χ0v) is 21.7. The first-order valence-electron chi connectivity index (χ1n) is 10.7. The van der Waals surface area contributed by atoms with Crippen LogP contribution in [0.2, 0.25) is 5.02 Å². The van der Waals surface area contributed by atoms with Gasteiger partial charge in [-0.05, 0) is 49.7 Å². The van der Waals surface area contributed by atoms with Crippen LogP contribution in [-0.2, 0) is 9.47 Å². The molecule has 11 nitrogen and oxygen atoms in total. The van der Waals surface area contributed by atoms with Crippen molar-refractivity contribution in [3.05, 3.63) is 63.8 Å². The second-order valence-corrected chi connectivity index (χ2v) is 8.09. The quantitative estimate of drug-likeness (QED) is 0.395. The number of ether oxygens (including phenoxy) is 6. The number of carboxylic acid groups (broad SMARTS) is 2. The van der Waals surface area contributed by atoms with Crippen molar-refractivity contribution in [3.8, 4) is 23.0 Å². The Balaban J connectivity index is 2.35. The summed E-state index contributed by atoms with van der Waals surface area (Å²) in [5.41, 5.74) is 1.55. The Morgan fingerprint density at radius 2 is 1.27 bits per heavy atom. The molecule has 12 heteroatoms. The van der Waals surface area contributed by atoms with Crippen molar-refractivity contribution in [3.63, 3.8) is 0 Å². The average Bonchev–Trinajstić information content (AvgIpc) is 2.85. The number of carbonyl (C=O) groups is 2. The van der Waals surface area contributed by atoms with E-state index in [4.69, 9.17) is 40.0 Å². The molecule has 0 aliphatic carbocycles. The maximum Gasteiger partial charge on any atom is 0.511 e. The van der Waals surface area contributed by atoms with Gasteiger partial charge in [0.15, 0.2) is 11.5 Å². The van der Waals surface area contributed by atoms with E-state index in [1.54, 1.807) is 49.1 Å². The van der Waals surface area contributed by atoms with Gasteiger partial charge < -0.3 is 43.5 Å². The Morgan fingerprint density at radius 3 is 1.65 bits per heavy atom. The summed E-state index contributed by atoms with van der Waals surface area (Å²) in [6.45, 7) is 3.25. The molecule has 1 aliphatic rings. The minimum absolute atomic E-state index is 0.101. The molecule has 2 N–H and O–H groups in total. The monoisotopic (exact) mass is 535 g/mol. The summed E-state index contributed by atoms with van der Waals surface area (Å²) in [5.74, 6) is -0.0642. The van der Waals surface area contributed by atoms with Crippen LogP contribution in [0.3, 0.4) is 0 Å². The maximum absolute atomic E-state index is 11.8. The Bertz CT molecular complexity index is 1220. The van der Waals surface area contributed by atoms with Gasteiger partial charge in [-0.25, -0.2) is 9.59 Å². The lowest BCUT2D eigenvalue weighted by Crippen LogP contribution is -2.32. The first-order valence-corrected chi connectivity index (χ1v) is 11.1. The first-order chi connectivity index (χ1) is 17.6. The second kappa shape index (κ2) is 11.2. The van der Waals surface area contributed by atoms with E-state index in [9.17, 15) is 19.8 Å². The molecule has 0 spiro atoms. The van der Waals surface area contributed by atoms with E-state index in [1.807, 2.05) is 0 Å². The van der Waals surface area contributed by atoms with Crippen LogP contribution in [0, 0.1) is 0 Å². The van der Waals surface area contributed by atoms with Gasteiger partial charge in [-0.3, -0.25) is 0 Å². The molecule has 0 atom stereocenters. The van der Waals surface area contributed by atoms with Crippen molar-refractivity contribution in [1.82, 2.24) is 0 Å². The Hall–Kier alpha value is -4.25. The van der Waals surface area contributed by atoms with Gasteiger partial charge in [0.05, 0.1) is 44.9 Å². The number of benzene rings is 2. The Morgan fingerprint density at radius 1 is 0.784 bits per heavy atom. The third-order valence-corrected chi connectivity index (χ3v) is 6.01. The predicted octanol–water partition coefficient (Wildman–Crippen LogP) is 5.83. The maximum atomic E-state index is 11.8. The summed E-state index contributed by atoms with van der Waals surface area (Å²) in [5, 5.41) is 19.4. The first kappa shape index (κ1) is 27.3. The molecular formula is C25H26ClNO10. The third kappa shape index (κ3) is 5.31. The van der Waals surface area contributed by atoms with E-state index < -0.39 is 18.2 Å². The molecule has 0 amide bonds. The molecule has 2 aromatic rings. The van der Waals surface area contributed by atoms with Gasteiger partial charge in [0.1, 0.15) is 23.2 Å². The molecule has 0 unspecified atom stereocenters. The average molecular weight is 536 g/mol. The number of allylic oxidation sites excluding steroid dienone is 2. The van der Waals surface area contributed by atoms with Crippen LogP contribution in [0.15, 0.2) is 53.2 Å². The standard InChI is InChI=1S/C25H26ClNO10/c1-12-21(36-24(28)29)20(14-9-18(33-4)23(35-6)19(10-14)34-5)22(37-25(30)31)13(2)27(12)15-7-8-17(32-3)16(26)11-15/h7-11,20H,1-6H3,(H,28,29)(H,30,31). The van der Waals surface area contributed by atoms with Gasteiger partial charge in [-0.1, -0.05) is 11.6 Å². The van der Waals surface area contributed by atoms with Crippen LogP contribution >= 0.6 is 11.6 Å². The van der Waals surface area contributed by atoms with E-state index in [1.165, 1.54) is 28.4 Å². The van der Waals surface area contributed by atoms with Gasteiger partial charge in [0.2, 0.25) is 5.75 Å². The van der Waals surface area contributed by atoms with Gasteiger partial charge in [-0.15, -0.1) is 0 Å². The van der Waals surface area contributed by atoms with Crippen LogP contribution in [0.4, 0.5) is 15.3 Å². The molecule has 2 aromatic carbocycles. The van der Waals surface area contributed by atoms with Crippen molar-refractivity contribution in [2.24, 2.45) is 0 Å². The summed E-state index contributed by atoms with van der Waals surface area (Å²) in [7, 11) is 5.74. The van der Waals surface area contributed by atoms with Crippen LogP contribution in [0.5, 0.6) is 23.0 Å². The molecule has 0 fully saturated rings. The highest BCUT2D eigenvalue weighted by Gasteiger charge is 2.39. The lowest BCUT2D eigenvalue weighted by atomic mass is 9.89. The fraction of sp³-hybridized carbons (Fsp3) is 0.280. The molecule has 0 aromatic heterocycles. The van der Waals surface area contributed by atoms with Crippen LogP contribution in [0.25, 0.3) is 0 Å². The zero-order chi connectivity index (χ0) is 27.4. The number of halogens is 1. The van der Waals surface area contributed by atoms with Crippen LogP contribution < -0.4 is 23.8 Å². The van der Waals surface area contributed by atoms with Crippen LogP contribution in [-0.4, -0.2) is 51.0 Å². The topological polar surface area (TPSA) is 133 Å². The van der Waals surface area contributed by atoms with Crippen molar-refractivity contribution in [2.75, 3.05) is 33.3 Å². The highest BCUT2D eigenvalue weighted by Crippen LogP contribution is 2.49. The molecule has 1 heterocycles. The molecule has 0 saturated heterocycles. The number of anilines is 1. The smallest absolute Gasteiger partial charge is 0.495 e. The third-order valence-electron chi connectivity index (χ3n) is 5.72. The summed E-state index contributed by atoms with van der Waals surface area (Å²) in [6, 6.07) is 8.00. The van der Waals surface area contributed by atoms with E-state index in [0.717, 1.165) is 0 Å². The molecule has 198 valence electrons. The van der Waals surface area contributed by atoms with Gasteiger partial charge >= 0.3 is 12.3 Å². The van der Waals surface area contributed by atoms with Gasteiger partial charge in [0.25, 0.3) is 0 Å². The molecule has 0 bridgehead atoms. The fourth-order valence-corrected chi connectivity index (χ4v) is 4.47. The van der Waals surface area contributed by atoms with Crippen molar-refractivity contribution < 1.29 is 48.2 Å².